The summed E-state index contributed by atoms with van der Waals surface area (Å²) in [6, 6.07) is 14.6. The van der Waals surface area contributed by atoms with E-state index in [0.717, 1.165) is 21.7 Å². The van der Waals surface area contributed by atoms with Gasteiger partial charge in [0.25, 0.3) is 15.6 Å². The summed E-state index contributed by atoms with van der Waals surface area (Å²) < 4.78 is 74.1. The van der Waals surface area contributed by atoms with Crippen LogP contribution in [-0.4, -0.2) is 26.9 Å². The molecule has 0 aliphatic rings. The van der Waals surface area contributed by atoms with Gasteiger partial charge in [-0.3, -0.25) is 4.79 Å². The molecule has 200 valence electrons. The largest absolute Gasteiger partial charge is 0.439 e. The Kier molecular flexibility index (Phi) is 6.30. The summed E-state index contributed by atoms with van der Waals surface area (Å²) in [5.74, 6) is 0.405. The van der Waals surface area contributed by atoms with Crippen molar-refractivity contribution in [1.82, 2.24) is 18.5 Å². The zero-order valence-electron chi connectivity index (χ0n) is 20.9. The monoisotopic (exact) mass is 554 g/mol. The van der Waals surface area contributed by atoms with E-state index in [9.17, 15) is 26.4 Å². The Morgan fingerprint density at radius 1 is 0.897 bits per heavy atom. The number of pyridine rings is 1. The first-order valence-corrected chi connectivity index (χ1v) is 13.0. The smallest absolute Gasteiger partial charge is 0.416 e. The molecule has 0 bridgehead atoms. The summed E-state index contributed by atoms with van der Waals surface area (Å²) in [5, 5.41) is 0. The Morgan fingerprint density at radius 2 is 1.56 bits per heavy atom. The maximum Gasteiger partial charge on any atom is 0.416 e. The summed E-state index contributed by atoms with van der Waals surface area (Å²) in [4.78, 5) is 21.2. The van der Waals surface area contributed by atoms with Crippen molar-refractivity contribution in [3.8, 4) is 22.9 Å². The van der Waals surface area contributed by atoms with Crippen molar-refractivity contribution in [2.75, 3.05) is 0 Å². The van der Waals surface area contributed by atoms with Gasteiger partial charge in [-0.2, -0.15) is 18.2 Å². The molecule has 5 rings (SSSR count). The molecule has 0 radical (unpaired) electrons. The van der Waals surface area contributed by atoms with Crippen LogP contribution in [0.2, 0.25) is 0 Å². The minimum atomic E-state index is -4.49. The van der Waals surface area contributed by atoms with Gasteiger partial charge in [0, 0.05) is 30.9 Å². The number of benzene rings is 2. The Morgan fingerprint density at radius 3 is 2.21 bits per heavy atom. The van der Waals surface area contributed by atoms with Crippen molar-refractivity contribution in [1.29, 1.82) is 0 Å². The van der Waals surface area contributed by atoms with Crippen LogP contribution in [0.15, 0.2) is 82.6 Å². The highest BCUT2D eigenvalue weighted by Crippen LogP contribution is 2.34. The van der Waals surface area contributed by atoms with Crippen LogP contribution in [0.5, 0.6) is 11.6 Å². The molecule has 12 heteroatoms. The summed E-state index contributed by atoms with van der Waals surface area (Å²) in [6.07, 6.45) is -3.11. The molecule has 0 atom stereocenters. The third-order valence-electron chi connectivity index (χ3n) is 6.10. The third-order valence-corrected chi connectivity index (χ3v) is 7.79. The molecule has 2 aromatic carbocycles. The molecule has 39 heavy (non-hydrogen) atoms. The number of hydrogen-bond acceptors (Lipinski definition) is 6. The zero-order valence-corrected chi connectivity index (χ0v) is 21.7. The Bertz CT molecular complexity index is 1880. The van der Waals surface area contributed by atoms with E-state index in [2.05, 4.69) is 9.97 Å². The second-order valence-corrected chi connectivity index (χ2v) is 10.7. The lowest BCUT2D eigenvalue weighted by Gasteiger charge is -2.10. The number of fused-ring (bicyclic) bond motifs is 1. The van der Waals surface area contributed by atoms with Gasteiger partial charge in [-0.05, 0) is 56.3 Å². The van der Waals surface area contributed by atoms with E-state index in [4.69, 9.17) is 4.74 Å². The molecule has 3 aromatic heterocycles. The fraction of sp³-hybridized carbons (Fsp3) is 0.148. The molecule has 0 aliphatic carbocycles. The maximum atomic E-state index is 13.6. The molecule has 5 aromatic rings. The lowest BCUT2D eigenvalue weighted by molar-refractivity contribution is -0.137. The topological polar surface area (TPSA) is 96.1 Å². The van der Waals surface area contributed by atoms with Crippen molar-refractivity contribution in [3.05, 3.63) is 100 Å². The molecule has 0 N–H and O–H groups in total. The van der Waals surface area contributed by atoms with Crippen molar-refractivity contribution in [2.24, 2.45) is 7.05 Å². The Labute approximate surface area is 221 Å². The Balaban J connectivity index is 1.64. The summed E-state index contributed by atoms with van der Waals surface area (Å²) in [6.45, 7) is 3.43. The lowest BCUT2D eigenvalue weighted by Crippen LogP contribution is -2.17. The number of ether oxygens (including phenoxy) is 1. The van der Waals surface area contributed by atoms with Gasteiger partial charge in [-0.25, -0.2) is 17.4 Å². The van der Waals surface area contributed by atoms with Crippen molar-refractivity contribution >= 4 is 21.1 Å². The van der Waals surface area contributed by atoms with Gasteiger partial charge in [0.05, 0.1) is 27.2 Å². The SMILES string of the molecule is Cc1ccc(S(=O)(=O)n2cc(-c3cc(Oc4ccc(C(F)(F)F)cc4)nc(C)n3)c3c2ccc(=O)n3C)cc1. The quantitative estimate of drug-likeness (QED) is 0.286. The average Bonchev–Trinajstić information content (AvgIpc) is 3.27. The van der Waals surface area contributed by atoms with Gasteiger partial charge in [-0.15, -0.1) is 0 Å². The van der Waals surface area contributed by atoms with Crippen LogP contribution in [-0.2, 0) is 23.2 Å². The van der Waals surface area contributed by atoms with E-state index in [1.807, 2.05) is 6.92 Å². The Hall–Kier alpha value is -4.45. The van der Waals surface area contributed by atoms with E-state index >= 15 is 0 Å². The summed E-state index contributed by atoms with van der Waals surface area (Å²) >= 11 is 0. The van der Waals surface area contributed by atoms with E-state index in [-0.39, 0.29) is 39.1 Å². The molecule has 0 aliphatic heterocycles. The predicted octanol–water partition coefficient (Wildman–Crippen LogP) is 5.46. The zero-order chi connectivity index (χ0) is 28.1. The number of aromatic nitrogens is 4. The van der Waals surface area contributed by atoms with Crippen LogP contribution in [0, 0.1) is 13.8 Å². The van der Waals surface area contributed by atoms with Crippen LogP contribution in [0.4, 0.5) is 13.2 Å². The van der Waals surface area contributed by atoms with E-state index in [1.165, 1.54) is 60.3 Å². The molecule has 0 fully saturated rings. The number of hydrogen-bond donors (Lipinski definition) is 0. The van der Waals surface area contributed by atoms with Crippen LogP contribution in [0.25, 0.3) is 22.3 Å². The molecular formula is C27H21F3N4O4S. The van der Waals surface area contributed by atoms with Crippen LogP contribution in [0.3, 0.4) is 0 Å². The van der Waals surface area contributed by atoms with Gasteiger partial charge in [0.1, 0.15) is 11.6 Å². The van der Waals surface area contributed by atoms with Crippen molar-refractivity contribution < 1.29 is 26.3 Å². The van der Waals surface area contributed by atoms with Gasteiger partial charge < -0.3 is 9.30 Å². The fourth-order valence-corrected chi connectivity index (χ4v) is 5.50. The number of nitrogens with zero attached hydrogens (tertiary/aromatic N) is 4. The third kappa shape index (κ3) is 4.90. The molecule has 3 heterocycles. The van der Waals surface area contributed by atoms with Gasteiger partial charge >= 0.3 is 6.18 Å². The van der Waals surface area contributed by atoms with Crippen molar-refractivity contribution in [3.63, 3.8) is 0 Å². The number of halogens is 3. The first kappa shape index (κ1) is 26.2. The normalized spacial score (nSPS) is 12.2. The molecule has 8 nitrogen and oxygen atoms in total. The minimum absolute atomic E-state index is 0.0282. The van der Waals surface area contributed by atoms with Crippen LogP contribution >= 0.6 is 0 Å². The summed E-state index contributed by atoms with van der Waals surface area (Å²) in [5.41, 5.74) is 0.869. The second-order valence-electron chi connectivity index (χ2n) is 8.88. The molecule has 0 unspecified atom stereocenters. The predicted molar refractivity (Wildman–Crippen MR) is 138 cm³/mol. The fourth-order valence-electron chi connectivity index (χ4n) is 4.14. The summed E-state index contributed by atoms with van der Waals surface area (Å²) in [7, 11) is -2.53. The molecular weight excluding hydrogens is 533 g/mol. The van der Waals surface area contributed by atoms with Gasteiger partial charge in [-0.1, -0.05) is 17.7 Å². The lowest BCUT2D eigenvalue weighted by atomic mass is 10.2. The molecule has 0 spiro atoms. The number of alkyl halides is 3. The second kappa shape index (κ2) is 9.38. The number of rotatable bonds is 5. The van der Waals surface area contributed by atoms with Gasteiger partial charge in [0.15, 0.2) is 0 Å². The minimum Gasteiger partial charge on any atom is -0.439 e. The van der Waals surface area contributed by atoms with E-state index in [0.29, 0.717) is 11.1 Å². The van der Waals surface area contributed by atoms with Crippen LogP contribution < -0.4 is 10.3 Å². The first-order chi connectivity index (χ1) is 18.3. The molecule has 0 saturated carbocycles. The molecule has 0 saturated heterocycles. The van der Waals surface area contributed by atoms with E-state index in [1.54, 1.807) is 19.1 Å². The highest BCUT2D eigenvalue weighted by molar-refractivity contribution is 7.90. The highest BCUT2D eigenvalue weighted by Gasteiger charge is 2.30. The average molecular weight is 555 g/mol. The molecule has 0 amide bonds. The highest BCUT2D eigenvalue weighted by atomic mass is 32.2. The standard InChI is InChI=1S/C27H21F3N4O4S/c1-16-4-10-20(11-5-16)39(36,37)34-15-21(26-23(34)12-13-25(35)33(26)3)22-14-24(32-17(2)31-22)38-19-8-6-18(7-9-19)27(28,29)30/h4-15H,1-3H3. The van der Waals surface area contributed by atoms with E-state index < -0.39 is 21.8 Å². The van der Waals surface area contributed by atoms with Gasteiger partial charge in [0.2, 0.25) is 5.88 Å². The van der Waals surface area contributed by atoms with Crippen LogP contribution in [0.1, 0.15) is 17.0 Å². The first-order valence-electron chi connectivity index (χ1n) is 11.6. The van der Waals surface area contributed by atoms with Crippen molar-refractivity contribution in [2.45, 2.75) is 24.9 Å². The number of aryl methyl sites for hydroxylation is 3. The maximum absolute atomic E-state index is 13.6.